The number of benzene rings is 1. The molecule has 0 saturated heterocycles. The molecule has 5 nitrogen and oxygen atoms in total. The van der Waals surface area contributed by atoms with Gasteiger partial charge in [-0.1, -0.05) is 18.2 Å². The molecule has 1 amide bonds. The molecule has 1 aromatic rings. The van der Waals surface area contributed by atoms with Crippen LogP contribution in [0.2, 0.25) is 0 Å². The monoisotopic (exact) mass is 298 g/mol. The molecule has 2 rings (SSSR count). The second-order valence-corrected chi connectivity index (χ2v) is 5.17. The Morgan fingerprint density at radius 2 is 2.23 bits per heavy atom. The second-order valence-electron chi connectivity index (χ2n) is 5.17. The van der Waals surface area contributed by atoms with Crippen molar-refractivity contribution in [2.24, 2.45) is 11.8 Å². The highest BCUT2D eigenvalue weighted by Gasteiger charge is 2.32. The van der Waals surface area contributed by atoms with Crippen molar-refractivity contribution in [3.05, 3.63) is 36.4 Å². The molecule has 1 aliphatic carbocycles. The highest BCUT2D eigenvalue weighted by molar-refractivity contribution is 6.10. The lowest BCUT2D eigenvalue weighted by atomic mass is 9.84. The van der Waals surface area contributed by atoms with Gasteiger partial charge in [0.05, 0.1) is 13.2 Å². The number of rotatable bonds is 5. The predicted octanol–water partition coefficient (Wildman–Crippen LogP) is 2.70. The topological polar surface area (TPSA) is 79.2 Å². The summed E-state index contributed by atoms with van der Waals surface area (Å²) in [4.78, 5) is 24.6. The minimum atomic E-state index is -1.28. The zero-order chi connectivity index (χ0) is 15.9. The number of nitrogens with one attached hydrogen (secondary N) is 1. The number of carbonyl (C=O) groups excluding carboxylic acids is 2. The maximum atomic E-state index is 12.3. The van der Waals surface area contributed by atoms with Crippen LogP contribution in [0.25, 0.3) is 0 Å². The van der Waals surface area contributed by atoms with Crippen LogP contribution in [0.1, 0.15) is 19.3 Å². The summed E-state index contributed by atoms with van der Waals surface area (Å²) in [6.45, 7) is 0. The largest absolute Gasteiger partial charge is 0.497 e. The summed E-state index contributed by atoms with van der Waals surface area (Å²) in [6, 6.07) is 8.63. The molecule has 22 heavy (non-hydrogen) atoms. The van der Waals surface area contributed by atoms with Crippen LogP contribution in [0.5, 0.6) is 5.75 Å². The van der Waals surface area contributed by atoms with Crippen molar-refractivity contribution in [1.82, 2.24) is 0 Å². The number of nitrogens with zero attached hydrogens (tertiary/aromatic N) is 1. The molecule has 0 spiro atoms. The van der Waals surface area contributed by atoms with Gasteiger partial charge < -0.3 is 10.1 Å². The van der Waals surface area contributed by atoms with Gasteiger partial charge >= 0.3 is 0 Å². The molecule has 0 bridgehead atoms. The summed E-state index contributed by atoms with van der Waals surface area (Å²) in [5.74, 6) is -1.81. The summed E-state index contributed by atoms with van der Waals surface area (Å²) < 4.78 is 5.08. The first-order valence-electron chi connectivity index (χ1n) is 7.19. The zero-order valence-corrected chi connectivity index (χ0v) is 12.4. The lowest BCUT2D eigenvalue weighted by Gasteiger charge is -2.19. The van der Waals surface area contributed by atoms with E-state index in [0.29, 0.717) is 24.3 Å². The fourth-order valence-electron chi connectivity index (χ4n) is 2.45. The van der Waals surface area contributed by atoms with Crippen molar-refractivity contribution in [2.75, 3.05) is 12.4 Å². The third kappa shape index (κ3) is 3.73. The average Bonchev–Trinajstić information content (AvgIpc) is 2.56. The van der Waals surface area contributed by atoms with E-state index in [1.165, 1.54) is 7.11 Å². The number of amides is 1. The van der Waals surface area contributed by atoms with E-state index in [-0.39, 0.29) is 11.7 Å². The van der Waals surface area contributed by atoms with Gasteiger partial charge in [0.25, 0.3) is 0 Å². The Labute approximate surface area is 129 Å². The Morgan fingerprint density at radius 1 is 1.41 bits per heavy atom. The smallest absolute Gasteiger partial charge is 0.249 e. The minimum Gasteiger partial charge on any atom is -0.497 e. The quantitative estimate of drug-likeness (QED) is 0.669. The Hall–Kier alpha value is -2.61. The Kier molecular flexibility index (Phi) is 5.31. The standard InChI is InChI=1S/C17H18N2O3/c1-22-14-9-5-8-13(10-14)19-17(21)15(11-18)16(20)12-6-3-2-4-7-12/h2-3,5,8-10,12,15H,4,6-7H2,1H3,(H,19,21). The highest BCUT2D eigenvalue weighted by atomic mass is 16.5. The van der Waals surface area contributed by atoms with Crippen LogP contribution in [-0.2, 0) is 9.59 Å². The van der Waals surface area contributed by atoms with Crippen molar-refractivity contribution in [3.63, 3.8) is 0 Å². The molecule has 0 heterocycles. The fraction of sp³-hybridized carbons (Fsp3) is 0.353. The number of Topliss-reactive ketones (excluding diaryl/α,β-unsaturated/α-hetero) is 1. The molecule has 1 N–H and O–H groups in total. The number of anilines is 1. The molecule has 2 atom stereocenters. The number of nitriles is 1. The molecule has 0 radical (unpaired) electrons. The van der Waals surface area contributed by atoms with Gasteiger partial charge in [-0.25, -0.2) is 0 Å². The molecule has 0 fully saturated rings. The molecule has 5 heteroatoms. The Balaban J connectivity index is 2.06. The van der Waals surface area contributed by atoms with Gasteiger partial charge in [-0.2, -0.15) is 5.26 Å². The van der Waals surface area contributed by atoms with Gasteiger partial charge in [0.1, 0.15) is 5.75 Å². The van der Waals surface area contributed by atoms with E-state index < -0.39 is 11.8 Å². The van der Waals surface area contributed by atoms with E-state index in [2.05, 4.69) is 5.32 Å². The van der Waals surface area contributed by atoms with Crippen LogP contribution in [0.4, 0.5) is 5.69 Å². The molecule has 1 aliphatic rings. The number of hydrogen-bond donors (Lipinski definition) is 1. The lowest BCUT2D eigenvalue weighted by Crippen LogP contribution is -2.33. The third-order valence-electron chi connectivity index (χ3n) is 3.68. The number of methoxy groups -OCH3 is 1. The van der Waals surface area contributed by atoms with Crippen LogP contribution in [0, 0.1) is 23.2 Å². The molecule has 0 aliphatic heterocycles. The van der Waals surface area contributed by atoms with Crippen LogP contribution >= 0.6 is 0 Å². The number of ketones is 1. The number of ether oxygens (including phenoxy) is 1. The molecular formula is C17H18N2O3. The van der Waals surface area contributed by atoms with Gasteiger partial charge in [0, 0.05) is 17.7 Å². The number of allylic oxidation sites excluding steroid dienone is 2. The van der Waals surface area contributed by atoms with Gasteiger partial charge in [0.2, 0.25) is 5.91 Å². The van der Waals surface area contributed by atoms with Crippen molar-refractivity contribution in [2.45, 2.75) is 19.3 Å². The summed E-state index contributed by atoms with van der Waals surface area (Å²) in [7, 11) is 1.53. The number of carbonyl (C=O) groups is 2. The van der Waals surface area contributed by atoms with E-state index in [1.807, 2.05) is 18.2 Å². The van der Waals surface area contributed by atoms with Crippen LogP contribution in [0.3, 0.4) is 0 Å². The maximum Gasteiger partial charge on any atom is 0.249 e. The van der Waals surface area contributed by atoms with E-state index in [4.69, 9.17) is 4.74 Å². The highest BCUT2D eigenvalue weighted by Crippen LogP contribution is 2.23. The summed E-state index contributed by atoms with van der Waals surface area (Å²) >= 11 is 0. The first-order chi connectivity index (χ1) is 10.7. The summed E-state index contributed by atoms with van der Waals surface area (Å²) in [5.41, 5.74) is 0.501. The van der Waals surface area contributed by atoms with Crippen LogP contribution < -0.4 is 10.1 Å². The van der Waals surface area contributed by atoms with Gasteiger partial charge in [-0.05, 0) is 31.4 Å². The predicted molar refractivity (Wildman–Crippen MR) is 82.2 cm³/mol. The van der Waals surface area contributed by atoms with E-state index >= 15 is 0 Å². The summed E-state index contributed by atoms with van der Waals surface area (Å²) in [5, 5.41) is 11.8. The van der Waals surface area contributed by atoms with E-state index in [1.54, 1.807) is 24.3 Å². The minimum absolute atomic E-state index is 0.245. The van der Waals surface area contributed by atoms with Crippen LogP contribution in [0.15, 0.2) is 36.4 Å². The number of hydrogen-bond acceptors (Lipinski definition) is 4. The van der Waals surface area contributed by atoms with E-state index in [0.717, 1.165) is 6.42 Å². The summed E-state index contributed by atoms with van der Waals surface area (Å²) in [6.07, 6.45) is 6.05. The first-order valence-corrected chi connectivity index (χ1v) is 7.19. The fourth-order valence-corrected chi connectivity index (χ4v) is 2.45. The van der Waals surface area contributed by atoms with Gasteiger partial charge in [-0.15, -0.1) is 0 Å². The van der Waals surface area contributed by atoms with Crippen molar-refractivity contribution in [1.29, 1.82) is 5.26 Å². The Morgan fingerprint density at radius 3 is 2.86 bits per heavy atom. The maximum absolute atomic E-state index is 12.3. The molecule has 114 valence electrons. The van der Waals surface area contributed by atoms with Crippen molar-refractivity contribution >= 4 is 17.4 Å². The van der Waals surface area contributed by atoms with Gasteiger partial charge in [-0.3, -0.25) is 9.59 Å². The Bertz CT molecular complexity index is 631. The molecular weight excluding hydrogens is 280 g/mol. The second kappa shape index (κ2) is 7.41. The van der Waals surface area contributed by atoms with Crippen molar-refractivity contribution < 1.29 is 14.3 Å². The molecule has 0 aromatic heterocycles. The normalized spacial score (nSPS) is 18.1. The first kappa shape index (κ1) is 15.8. The molecule has 2 unspecified atom stereocenters. The molecule has 1 aromatic carbocycles. The zero-order valence-electron chi connectivity index (χ0n) is 12.4. The van der Waals surface area contributed by atoms with Gasteiger partial charge in [0.15, 0.2) is 11.7 Å². The average molecular weight is 298 g/mol. The SMILES string of the molecule is COc1cccc(NC(=O)C(C#N)C(=O)C2CC=CCC2)c1. The lowest BCUT2D eigenvalue weighted by molar-refractivity contribution is -0.131. The van der Waals surface area contributed by atoms with Crippen molar-refractivity contribution in [3.8, 4) is 11.8 Å². The third-order valence-corrected chi connectivity index (χ3v) is 3.68. The van der Waals surface area contributed by atoms with E-state index in [9.17, 15) is 14.9 Å². The molecule has 0 saturated carbocycles. The van der Waals surface area contributed by atoms with Crippen LogP contribution in [-0.4, -0.2) is 18.8 Å².